The van der Waals surface area contributed by atoms with Crippen LogP contribution in [0.5, 0.6) is 0 Å². The molecule has 1 fully saturated rings. The molecule has 2 nitrogen and oxygen atoms in total. The van der Waals surface area contributed by atoms with Gasteiger partial charge in [-0.3, -0.25) is 0 Å². The van der Waals surface area contributed by atoms with Crippen molar-refractivity contribution in [1.82, 2.24) is 0 Å². The Bertz CT molecular complexity index is 3110. The van der Waals surface area contributed by atoms with Gasteiger partial charge in [-0.15, -0.1) is 0 Å². The molecular formula is C58H45NO. The van der Waals surface area contributed by atoms with Gasteiger partial charge in [0, 0.05) is 22.0 Å². The van der Waals surface area contributed by atoms with Crippen LogP contribution < -0.4 is 4.90 Å². The first-order valence-electron chi connectivity index (χ1n) is 21.5. The van der Waals surface area contributed by atoms with Crippen molar-refractivity contribution in [1.29, 1.82) is 0 Å². The van der Waals surface area contributed by atoms with Crippen LogP contribution in [0, 0.1) is 0 Å². The minimum absolute atomic E-state index is 0.577. The SMILES string of the molecule is c1ccc(-c2ccc(-c3ccc(N(c4ccccc4-c4cccc5cccc(C6CCCCC6)c45)c4cccc5c4oc4ccccc45)cc3)cc2-c2ccccc2)cc1. The minimum Gasteiger partial charge on any atom is -0.454 e. The van der Waals surface area contributed by atoms with Crippen molar-refractivity contribution in [2.75, 3.05) is 4.90 Å². The third-order valence-corrected chi connectivity index (χ3v) is 12.7. The van der Waals surface area contributed by atoms with E-state index >= 15 is 0 Å². The van der Waals surface area contributed by atoms with E-state index in [0.29, 0.717) is 5.92 Å². The number of nitrogens with zero attached hydrogens (tertiary/aromatic N) is 1. The van der Waals surface area contributed by atoms with Gasteiger partial charge in [-0.25, -0.2) is 0 Å². The van der Waals surface area contributed by atoms with E-state index in [0.717, 1.165) is 44.6 Å². The lowest BCUT2D eigenvalue weighted by Gasteiger charge is -2.29. The van der Waals surface area contributed by atoms with E-state index in [1.165, 1.54) is 87.4 Å². The minimum atomic E-state index is 0.577. The van der Waals surface area contributed by atoms with Crippen LogP contribution in [0.3, 0.4) is 0 Å². The van der Waals surface area contributed by atoms with E-state index in [-0.39, 0.29) is 0 Å². The normalized spacial score (nSPS) is 13.3. The number of rotatable bonds is 8. The Morgan fingerprint density at radius 3 is 1.82 bits per heavy atom. The van der Waals surface area contributed by atoms with Crippen molar-refractivity contribution >= 4 is 49.8 Å². The molecule has 10 aromatic rings. The molecule has 0 amide bonds. The van der Waals surface area contributed by atoms with Crippen molar-refractivity contribution in [3.05, 3.63) is 212 Å². The van der Waals surface area contributed by atoms with Crippen LogP contribution in [0.2, 0.25) is 0 Å². The number of anilines is 3. The second kappa shape index (κ2) is 15.5. The van der Waals surface area contributed by atoms with E-state index in [1.807, 2.05) is 0 Å². The summed E-state index contributed by atoms with van der Waals surface area (Å²) in [4.78, 5) is 2.42. The van der Waals surface area contributed by atoms with Crippen LogP contribution in [0.1, 0.15) is 43.6 Å². The van der Waals surface area contributed by atoms with E-state index in [4.69, 9.17) is 4.42 Å². The molecule has 0 radical (unpaired) electrons. The molecule has 60 heavy (non-hydrogen) atoms. The number of hydrogen-bond donors (Lipinski definition) is 0. The molecule has 11 rings (SSSR count). The lowest BCUT2D eigenvalue weighted by molar-refractivity contribution is 0.445. The van der Waals surface area contributed by atoms with Gasteiger partial charge in [0.2, 0.25) is 0 Å². The fourth-order valence-corrected chi connectivity index (χ4v) is 9.81. The van der Waals surface area contributed by atoms with Gasteiger partial charge in [0.25, 0.3) is 0 Å². The van der Waals surface area contributed by atoms with Gasteiger partial charge < -0.3 is 9.32 Å². The lowest BCUT2D eigenvalue weighted by atomic mass is 9.80. The van der Waals surface area contributed by atoms with Crippen molar-refractivity contribution in [2.24, 2.45) is 0 Å². The summed E-state index contributed by atoms with van der Waals surface area (Å²) < 4.78 is 6.78. The first-order chi connectivity index (χ1) is 29.8. The number of fused-ring (bicyclic) bond motifs is 4. The zero-order valence-electron chi connectivity index (χ0n) is 33.6. The highest BCUT2D eigenvalue weighted by Crippen LogP contribution is 2.48. The Kier molecular flexibility index (Phi) is 9.32. The lowest BCUT2D eigenvalue weighted by Crippen LogP contribution is -2.12. The van der Waals surface area contributed by atoms with Crippen molar-refractivity contribution in [3.8, 4) is 44.5 Å². The van der Waals surface area contributed by atoms with Gasteiger partial charge in [0.05, 0.1) is 11.4 Å². The number of benzene rings is 9. The number of para-hydroxylation sites is 3. The molecule has 0 unspecified atom stereocenters. The molecule has 288 valence electrons. The van der Waals surface area contributed by atoms with Gasteiger partial charge in [-0.05, 0) is 110 Å². The summed E-state index contributed by atoms with van der Waals surface area (Å²) in [5.41, 5.74) is 16.1. The molecule has 0 N–H and O–H groups in total. The summed E-state index contributed by atoms with van der Waals surface area (Å²) in [6.07, 6.45) is 6.45. The molecule has 0 saturated heterocycles. The largest absolute Gasteiger partial charge is 0.454 e. The summed E-state index contributed by atoms with van der Waals surface area (Å²) in [6, 6.07) is 75.1. The van der Waals surface area contributed by atoms with Crippen molar-refractivity contribution < 1.29 is 4.42 Å². The Balaban J connectivity index is 1.09. The summed E-state index contributed by atoms with van der Waals surface area (Å²) in [5.74, 6) is 0.577. The smallest absolute Gasteiger partial charge is 0.159 e. The third kappa shape index (κ3) is 6.46. The van der Waals surface area contributed by atoms with E-state index in [1.54, 1.807) is 0 Å². The fourth-order valence-electron chi connectivity index (χ4n) is 9.81. The van der Waals surface area contributed by atoms with E-state index in [9.17, 15) is 0 Å². The zero-order chi connectivity index (χ0) is 39.8. The standard InChI is InChI=1S/C58H45NO/c1-4-17-41(18-5-1)47-38-35-45(39-53(47)43-21-8-3-9-22-43)40-33-36-46(37-34-40)59(55-31-16-29-52-50-26-11-13-32-56(50)60-58(52)55)54-30-12-10-25-49(54)51-28-15-24-44-23-14-27-48(57(44)51)42-19-6-2-7-20-42/h1,3-5,8-18,21-39,42H,2,6-7,19-20H2. The number of hydrogen-bond acceptors (Lipinski definition) is 2. The maximum absolute atomic E-state index is 6.78. The average molecular weight is 772 g/mol. The molecule has 1 aliphatic carbocycles. The fraction of sp³-hybridized carbons (Fsp3) is 0.103. The molecule has 1 aromatic heterocycles. The molecule has 1 heterocycles. The Labute approximate surface area is 352 Å². The van der Waals surface area contributed by atoms with Gasteiger partial charge in [-0.1, -0.05) is 189 Å². The quantitative estimate of drug-likeness (QED) is 0.153. The summed E-state index contributed by atoms with van der Waals surface area (Å²) >= 11 is 0. The van der Waals surface area contributed by atoms with Gasteiger partial charge >= 0.3 is 0 Å². The van der Waals surface area contributed by atoms with Gasteiger partial charge in [0.1, 0.15) is 5.58 Å². The zero-order valence-corrected chi connectivity index (χ0v) is 33.6. The highest BCUT2D eigenvalue weighted by molar-refractivity contribution is 6.11. The van der Waals surface area contributed by atoms with Gasteiger partial charge in [0.15, 0.2) is 5.58 Å². The van der Waals surface area contributed by atoms with Crippen molar-refractivity contribution in [3.63, 3.8) is 0 Å². The van der Waals surface area contributed by atoms with Crippen LogP contribution in [-0.4, -0.2) is 0 Å². The molecule has 0 atom stereocenters. The Morgan fingerprint density at radius 1 is 0.400 bits per heavy atom. The monoisotopic (exact) mass is 771 g/mol. The highest BCUT2D eigenvalue weighted by atomic mass is 16.3. The molecule has 9 aromatic carbocycles. The third-order valence-electron chi connectivity index (χ3n) is 12.7. The molecule has 2 heteroatoms. The molecule has 0 aliphatic heterocycles. The second-order valence-corrected chi connectivity index (χ2v) is 16.2. The maximum atomic E-state index is 6.78. The first kappa shape index (κ1) is 36.0. The van der Waals surface area contributed by atoms with Crippen LogP contribution in [0.15, 0.2) is 211 Å². The van der Waals surface area contributed by atoms with Crippen LogP contribution >= 0.6 is 0 Å². The average Bonchev–Trinajstić information content (AvgIpc) is 3.72. The second-order valence-electron chi connectivity index (χ2n) is 16.2. The predicted octanol–water partition coefficient (Wildman–Crippen LogP) is 16.9. The predicted molar refractivity (Wildman–Crippen MR) is 253 cm³/mol. The molecule has 1 saturated carbocycles. The molecular weight excluding hydrogens is 727 g/mol. The molecule has 1 aliphatic rings. The van der Waals surface area contributed by atoms with E-state index in [2.05, 4.69) is 211 Å². The summed E-state index contributed by atoms with van der Waals surface area (Å²) in [6.45, 7) is 0. The van der Waals surface area contributed by atoms with Crippen molar-refractivity contribution in [2.45, 2.75) is 38.0 Å². The number of furan rings is 1. The van der Waals surface area contributed by atoms with E-state index < -0.39 is 0 Å². The van der Waals surface area contributed by atoms with Gasteiger partial charge in [-0.2, -0.15) is 0 Å². The topological polar surface area (TPSA) is 16.4 Å². The Morgan fingerprint density at radius 2 is 1.02 bits per heavy atom. The summed E-state index contributed by atoms with van der Waals surface area (Å²) in [7, 11) is 0. The Hall–Kier alpha value is -7.16. The highest BCUT2D eigenvalue weighted by Gasteiger charge is 2.25. The van der Waals surface area contributed by atoms with Crippen LogP contribution in [0.4, 0.5) is 17.1 Å². The van der Waals surface area contributed by atoms with Crippen LogP contribution in [0.25, 0.3) is 77.2 Å². The molecule has 0 bridgehead atoms. The first-order valence-corrected chi connectivity index (χ1v) is 21.5. The molecule has 0 spiro atoms. The van der Waals surface area contributed by atoms with Crippen LogP contribution in [-0.2, 0) is 0 Å². The summed E-state index contributed by atoms with van der Waals surface area (Å²) in [5, 5.41) is 4.91. The maximum Gasteiger partial charge on any atom is 0.159 e.